The molecule has 0 saturated heterocycles. The Labute approximate surface area is 157 Å². The smallest absolute Gasteiger partial charge is 0.269 e. The molecule has 25 heavy (non-hydrogen) atoms. The molecule has 2 aromatic carbocycles. The third-order valence-electron chi connectivity index (χ3n) is 3.73. The van der Waals surface area contributed by atoms with Crippen molar-refractivity contribution in [2.24, 2.45) is 0 Å². The van der Waals surface area contributed by atoms with Gasteiger partial charge in [-0.1, -0.05) is 62.2 Å². The van der Waals surface area contributed by atoms with Gasteiger partial charge in [-0.2, -0.15) is 0 Å². The van der Waals surface area contributed by atoms with Crippen LogP contribution in [-0.2, 0) is 16.6 Å². The minimum atomic E-state index is -0.408. The Bertz CT molecular complexity index is 761. The van der Waals surface area contributed by atoms with Crippen LogP contribution in [0.5, 0.6) is 0 Å². The third-order valence-corrected chi connectivity index (χ3v) is 4.44. The Balaban J connectivity index is 1.94. The van der Waals surface area contributed by atoms with Gasteiger partial charge in [0, 0.05) is 15.6 Å². The highest BCUT2D eigenvalue weighted by atomic mass is 35.5. The number of benzene rings is 2. The van der Waals surface area contributed by atoms with Crippen LogP contribution in [0.25, 0.3) is 0 Å². The van der Waals surface area contributed by atoms with Gasteiger partial charge in [0.05, 0.1) is 6.42 Å². The van der Waals surface area contributed by atoms with Crippen LogP contribution >= 0.6 is 23.2 Å². The van der Waals surface area contributed by atoms with Crippen molar-refractivity contribution in [3.05, 3.63) is 69.2 Å². The van der Waals surface area contributed by atoms with E-state index in [-0.39, 0.29) is 17.7 Å². The summed E-state index contributed by atoms with van der Waals surface area (Å²) >= 11 is 12.1. The first kappa shape index (κ1) is 19.3. The van der Waals surface area contributed by atoms with Crippen molar-refractivity contribution in [2.45, 2.75) is 32.6 Å². The SMILES string of the molecule is CC(C)(C)c1ccc(C(=O)NNC(=O)Cc2c(Cl)cccc2Cl)cc1. The van der Waals surface area contributed by atoms with Crippen LogP contribution in [0.3, 0.4) is 0 Å². The average Bonchev–Trinajstić information content (AvgIpc) is 2.55. The standard InChI is InChI=1S/C19H20Cl2N2O2/c1-19(2,3)13-9-7-12(8-10-13)18(25)23-22-17(24)11-14-15(20)5-4-6-16(14)21/h4-10H,11H2,1-3H3,(H,22,24)(H,23,25). The normalized spacial score (nSPS) is 11.1. The second kappa shape index (κ2) is 7.89. The summed E-state index contributed by atoms with van der Waals surface area (Å²) in [5, 5.41) is 0.818. The van der Waals surface area contributed by atoms with E-state index in [0.717, 1.165) is 5.56 Å². The minimum Gasteiger partial charge on any atom is -0.273 e. The molecule has 0 unspecified atom stereocenters. The number of amides is 2. The molecular weight excluding hydrogens is 359 g/mol. The van der Waals surface area contributed by atoms with E-state index in [1.807, 2.05) is 12.1 Å². The maximum Gasteiger partial charge on any atom is 0.269 e. The van der Waals surface area contributed by atoms with Crippen molar-refractivity contribution < 1.29 is 9.59 Å². The van der Waals surface area contributed by atoms with Gasteiger partial charge >= 0.3 is 0 Å². The molecule has 0 aliphatic carbocycles. The van der Waals surface area contributed by atoms with E-state index in [4.69, 9.17) is 23.2 Å². The van der Waals surface area contributed by atoms with Gasteiger partial charge in [-0.3, -0.25) is 20.4 Å². The van der Waals surface area contributed by atoms with Gasteiger partial charge in [0.25, 0.3) is 5.91 Å². The van der Waals surface area contributed by atoms with Gasteiger partial charge in [-0.05, 0) is 40.8 Å². The van der Waals surface area contributed by atoms with Crippen LogP contribution in [0.2, 0.25) is 10.0 Å². The average molecular weight is 379 g/mol. The quantitative estimate of drug-likeness (QED) is 0.782. The number of carbonyl (C=O) groups is 2. The van der Waals surface area contributed by atoms with Crippen LogP contribution in [-0.4, -0.2) is 11.8 Å². The van der Waals surface area contributed by atoms with Crippen molar-refractivity contribution in [3.8, 4) is 0 Å². The highest BCUT2D eigenvalue weighted by Gasteiger charge is 2.15. The summed E-state index contributed by atoms with van der Waals surface area (Å²) in [4.78, 5) is 24.1. The number of carbonyl (C=O) groups excluding carboxylic acids is 2. The second-order valence-electron chi connectivity index (χ2n) is 6.71. The van der Waals surface area contributed by atoms with E-state index >= 15 is 0 Å². The Morgan fingerprint density at radius 1 is 0.920 bits per heavy atom. The lowest BCUT2D eigenvalue weighted by molar-refractivity contribution is -0.121. The summed E-state index contributed by atoms with van der Waals surface area (Å²) in [6.45, 7) is 6.30. The summed E-state index contributed by atoms with van der Waals surface area (Å²) < 4.78 is 0. The van der Waals surface area contributed by atoms with Crippen LogP contribution in [0.15, 0.2) is 42.5 Å². The molecule has 0 atom stereocenters. The van der Waals surface area contributed by atoms with Gasteiger partial charge in [-0.15, -0.1) is 0 Å². The Kier molecular flexibility index (Phi) is 6.09. The molecule has 6 heteroatoms. The van der Waals surface area contributed by atoms with E-state index < -0.39 is 5.91 Å². The summed E-state index contributed by atoms with van der Waals surface area (Å²) in [6.07, 6.45) is -0.0260. The van der Waals surface area contributed by atoms with E-state index in [2.05, 4.69) is 31.6 Å². The van der Waals surface area contributed by atoms with Gasteiger partial charge in [0.2, 0.25) is 5.91 Å². The fraction of sp³-hybridized carbons (Fsp3) is 0.263. The number of hydrogen-bond donors (Lipinski definition) is 2. The molecule has 132 valence electrons. The topological polar surface area (TPSA) is 58.2 Å². The number of rotatable bonds is 3. The van der Waals surface area contributed by atoms with Gasteiger partial charge in [0.1, 0.15) is 0 Å². The van der Waals surface area contributed by atoms with E-state index in [1.54, 1.807) is 30.3 Å². The molecule has 4 nitrogen and oxygen atoms in total. The van der Waals surface area contributed by atoms with Crippen molar-refractivity contribution in [1.82, 2.24) is 10.9 Å². The highest BCUT2D eigenvalue weighted by Crippen LogP contribution is 2.24. The number of nitrogens with one attached hydrogen (secondary N) is 2. The van der Waals surface area contributed by atoms with Crippen molar-refractivity contribution >= 4 is 35.0 Å². The zero-order chi connectivity index (χ0) is 18.6. The first-order valence-electron chi connectivity index (χ1n) is 7.81. The van der Waals surface area contributed by atoms with E-state index in [9.17, 15) is 9.59 Å². The maximum absolute atomic E-state index is 12.1. The Morgan fingerprint density at radius 2 is 1.48 bits per heavy atom. The minimum absolute atomic E-state index is 0.0114. The summed E-state index contributed by atoms with van der Waals surface area (Å²) in [7, 11) is 0. The van der Waals surface area contributed by atoms with Crippen LogP contribution < -0.4 is 10.9 Å². The lowest BCUT2D eigenvalue weighted by Gasteiger charge is -2.19. The first-order valence-corrected chi connectivity index (χ1v) is 8.56. The monoisotopic (exact) mass is 378 g/mol. The fourth-order valence-electron chi connectivity index (χ4n) is 2.23. The highest BCUT2D eigenvalue weighted by molar-refractivity contribution is 6.36. The summed E-state index contributed by atoms with van der Waals surface area (Å²) in [6, 6.07) is 12.3. The summed E-state index contributed by atoms with van der Waals surface area (Å²) in [5.41, 5.74) is 6.88. The van der Waals surface area contributed by atoms with Crippen molar-refractivity contribution in [1.29, 1.82) is 0 Å². The van der Waals surface area contributed by atoms with E-state index in [0.29, 0.717) is 21.2 Å². The molecular formula is C19H20Cl2N2O2. The van der Waals surface area contributed by atoms with E-state index in [1.165, 1.54) is 0 Å². The molecule has 0 saturated carbocycles. The first-order chi connectivity index (χ1) is 11.7. The molecule has 0 heterocycles. The van der Waals surface area contributed by atoms with Crippen LogP contribution in [0.1, 0.15) is 42.3 Å². The molecule has 0 aliphatic rings. The number of halogens is 2. The van der Waals surface area contributed by atoms with Gasteiger partial charge in [-0.25, -0.2) is 0 Å². The molecule has 2 N–H and O–H groups in total. The molecule has 2 aromatic rings. The lowest BCUT2D eigenvalue weighted by Crippen LogP contribution is -2.42. The third kappa shape index (κ3) is 5.21. The van der Waals surface area contributed by atoms with Gasteiger partial charge < -0.3 is 0 Å². The molecule has 0 aliphatic heterocycles. The molecule has 0 radical (unpaired) electrons. The zero-order valence-electron chi connectivity index (χ0n) is 14.3. The molecule has 2 amide bonds. The van der Waals surface area contributed by atoms with Gasteiger partial charge in [0.15, 0.2) is 0 Å². The maximum atomic E-state index is 12.1. The second-order valence-corrected chi connectivity index (χ2v) is 7.52. The molecule has 0 aromatic heterocycles. The summed E-state index contributed by atoms with van der Waals surface area (Å²) in [5.74, 6) is -0.797. The molecule has 0 fully saturated rings. The molecule has 2 rings (SSSR count). The largest absolute Gasteiger partial charge is 0.273 e. The molecule has 0 spiro atoms. The Hall–Kier alpha value is -2.04. The lowest BCUT2D eigenvalue weighted by atomic mass is 9.87. The predicted octanol–water partition coefficient (Wildman–Crippen LogP) is 4.29. The van der Waals surface area contributed by atoms with Crippen molar-refractivity contribution in [3.63, 3.8) is 0 Å². The Morgan fingerprint density at radius 3 is 2.00 bits per heavy atom. The number of hydrazine groups is 1. The van der Waals surface area contributed by atoms with Crippen LogP contribution in [0.4, 0.5) is 0 Å². The zero-order valence-corrected chi connectivity index (χ0v) is 15.8. The molecule has 0 bridgehead atoms. The number of hydrogen-bond acceptors (Lipinski definition) is 2. The predicted molar refractivity (Wildman–Crippen MR) is 101 cm³/mol. The van der Waals surface area contributed by atoms with Crippen LogP contribution in [0, 0.1) is 0 Å². The fourth-order valence-corrected chi connectivity index (χ4v) is 2.76. The van der Waals surface area contributed by atoms with Crippen molar-refractivity contribution in [2.75, 3.05) is 0 Å².